The maximum absolute atomic E-state index is 12.7. The van der Waals surface area contributed by atoms with E-state index in [1.807, 2.05) is 17.7 Å². The zero-order valence-electron chi connectivity index (χ0n) is 13.6. The summed E-state index contributed by atoms with van der Waals surface area (Å²) in [5, 5.41) is 6.64. The number of nitrogens with one attached hydrogen (secondary N) is 2. The lowest BCUT2D eigenvalue weighted by Crippen LogP contribution is -2.60. The average molecular weight is 292 g/mol. The molecular weight excluding hydrogens is 264 g/mol. The molecule has 2 rings (SSSR count). The molecule has 0 saturated carbocycles. The van der Waals surface area contributed by atoms with Crippen LogP contribution in [-0.2, 0) is 11.3 Å². The zero-order valence-corrected chi connectivity index (χ0v) is 13.6. The Bertz CT molecular complexity index is 455. The van der Waals surface area contributed by atoms with Crippen molar-refractivity contribution in [2.75, 3.05) is 6.54 Å². The van der Waals surface area contributed by atoms with E-state index < -0.39 is 5.54 Å². The Hall–Kier alpha value is -1.36. The van der Waals surface area contributed by atoms with Gasteiger partial charge in [-0.1, -0.05) is 20.8 Å². The molecule has 2 heterocycles. The van der Waals surface area contributed by atoms with Crippen molar-refractivity contribution in [2.24, 2.45) is 5.41 Å². The van der Waals surface area contributed by atoms with Gasteiger partial charge in [0.15, 0.2) is 0 Å². The maximum atomic E-state index is 12.7. The highest BCUT2D eigenvalue weighted by Gasteiger charge is 2.37. The number of amides is 1. The lowest BCUT2D eigenvalue weighted by atomic mass is 9.84. The summed E-state index contributed by atoms with van der Waals surface area (Å²) >= 11 is 0. The third-order valence-corrected chi connectivity index (χ3v) is 4.42. The van der Waals surface area contributed by atoms with Gasteiger partial charge in [0.05, 0.1) is 17.9 Å². The summed E-state index contributed by atoms with van der Waals surface area (Å²) in [4.78, 5) is 16.8. The van der Waals surface area contributed by atoms with Gasteiger partial charge in [-0.2, -0.15) is 0 Å². The molecular formula is C16H28N4O. The van der Waals surface area contributed by atoms with E-state index in [1.165, 1.54) is 0 Å². The summed E-state index contributed by atoms with van der Waals surface area (Å²) in [6.45, 7) is 10.2. The van der Waals surface area contributed by atoms with E-state index in [0.29, 0.717) is 0 Å². The van der Waals surface area contributed by atoms with Crippen molar-refractivity contribution in [3.05, 3.63) is 18.7 Å². The highest BCUT2D eigenvalue weighted by molar-refractivity contribution is 5.86. The van der Waals surface area contributed by atoms with Gasteiger partial charge in [0.2, 0.25) is 5.91 Å². The first-order valence-electron chi connectivity index (χ1n) is 7.83. The Labute approximate surface area is 127 Å². The Morgan fingerprint density at radius 1 is 1.48 bits per heavy atom. The predicted octanol–water partition coefficient (Wildman–Crippen LogP) is 1.95. The van der Waals surface area contributed by atoms with Gasteiger partial charge in [0, 0.05) is 18.9 Å². The van der Waals surface area contributed by atoms with Crippen molar-refractivity contribution in [2.45, 2.75) is 65.1 Å². The van der Waals surface area contributed by atoms with Gasteiger partial charge in [0.1, 0.15) is 0 Å². The SMILES string of the molecule is CC1(C(=O)NC(Cn2ccnc2)C(C)(C)C)CCCCN1. The molecule has 1 saturated heterocycles. The molecule has 0 bridgehead atoms. The van der Waals surface area contributed by atoms with Crippen LogP contribution in [0.25, 0.3) is 0 Å². The molecule has 0 spiro atoms. The molecule has 5 nitrogen and oxygen atoms in total. The monoisotopic (exact) mass is 292 g/mol. The van der Waals surface area contributed by atoms with E-state index >= 15 is 0 Å². The van der Waals surface area contributed by atoms with Gasteiger partial charge < -0.3 is 15.2 Å². The fourth-order valence-corrected chi connectivity index (χ4v) is 2.71. The number of hydrogen-bond donors (Lipinski definition) is 2. The quantitative estimate of drug-likeness (QED) is 0.891. The number of nitrogens with zero attached hydrogens (tertiary/aromatic N) is 2. The summed E-state index contributed by atoms with van der Waals surface area (Å²) in [5.41, 5.74) is -0.443. The fraction of sp³-hybridized carbons (Fsp3) is 0.750. The molecule has 2 atom stereocenters. The Kier molecular flexibility index (Phi) is 4.71. The van der Waals surface area contributed by atoms with Gasteiger partial charge in [-0.15, -0.1) is 0 Å². The third-order valence-electron chi connectivity index (χ3n) is 4.42. The average Bonchev–Trinajstić information content (AvgIpc) is 2.90. The number of imidazole rings is 1. The summed E-state index contributed by atoms with van der Waals surface area (Å²) < 4.78 is 2.02. The topological polar surface area (TPSA) is 59.0 Å². The molecule has 5 heteroatoms. The molecule has 1 aliphatic rings. The van der Waals surface area contributed by atoms with Gasteiger partial charge in [-0.05, 0) is 38.1 Å². The molecule has 0 aliphatic carbocycles. The van der Waals surface area contributed by atoms with Crippen LogP contribution in [0.15, 0.2) is 18.7 Å². The van der Waals surface area contributed by atoms with Crippen LogP contribution in [0, 0.1) is 5.41 Å². The Morgan fingerprint density at radius 3 is 2.76 bits per heavy atom. The van der Waals surface area contributed by atoms with Crippen molar-refractivity contribution >= 4 is 5.91 Å². The van der Waals surface area contributed by atoms with E-state index in [0.717, 1.165) is 32.4 Å². The highest BCUT2D eigenvalue weighted by atomic mass is 16.2. The minimum Gasteiger partial charge on any atom is -0.349 e. The first-order chi connectivity index (χ1) is 9.81. The largest absolute Gasteiger partial charge is 0.349 e. The summed E-state index contributed by atoms with van der Waals surface area (Å²) in [5.74, 6) is 0.113. The van der Waals surface area contributed by atoms with E-state index in [4.69, 9.17) is 0 Å². The Balaban J connectivity index is 2.06. The normalized spacial score (nSPS) is 24.6. The molecule has 2 unspecified atom stereocenters. The summed E-state index contributed by atoms with van der Waals surface area (Å²) in [6, 6.07) is 0.0692. The van der Waals surface area contributed by atoms with Crippen molar-refractivity contribution in [3.63, 3.8) is 0 Å². The minimum absolute atomic E-state index is 0.00897. The lowest BCUT2D eigenvalue weighted by molar-refractivity contribution is -0.129. The van der Waals surface area contributed by atoms with E-state index in [2.05, 4.69) is 36.4 Å². The van der Waals surface area contributed by atoms with E-state index in [9.17, 15) is 4.79 Å². The molecule has 118 valence electrons. The summed E-state index contributed by atoms with van der Waals surface area (Å²) in [6.07, 6.45) is 8.67. The van der Waals surface area contributed by atoms with Crippen molar-refractivity contribution in [3.8, 4) is 0 Å². The van der Waals surface area contributed by atoms with Crippen molar-refractivity contribution < 1.29 is 4.79 Å². The van der Waals surface area contributed by atoms with Gasteiger partial charge in [-0.25, -0.2) is 4.98 Å². The predicted molar refractivity (Wildman–Crippen MR) is 83.9 cm³/mol. The molecule has 1 aromatic rings. The first kappa shape index (κ1) is 16.0. The minimum atomic E-state index is -0.434. The van der Waals surface area contributed by atoms with Crippen LogP contribution in [0.5, 0.6) is 0 Å². The van der Waals surface area contributed by atoms with Crippen LogP contribution in [0.2, 0.25) is 0 Å². The second kappa shape index (κ2) is 6.18. The molecule has 2 N–H and O–H groups in total. The molecule has 0 aromatic carbocycles. The van der Waals surface area contributed by atoms with Crippen LogP contribution in [0.4, 0.5) is 0 Å². The molecule has 1 amide bonds. The van der Waals surface area contributed by atoms with Crippen LogP contribution in [0.3, 0.4) is 0 Å². The third kappa shape index (κ3) is 4.06. The Morgan fingerprint density at radius 2 is 2.24 bits per heavy atom. The van der Waals surface area contributed by atoms with Crippen molar-refractivity contribution in [1.29, 1.82) is 0 Å². The summed E-state index contributed by atoms with van der Waals surface area (Å²) in [7, 11) is 0. The highest BCUT2D eigenvalue weighted by Crippen LogP contribution is 2.24. The van der Waals surface area contributed by atoms with Crippen LogP contribution >= 0.6 is 0 Å². The van der Waals surface area contributed by atoms with Gasteiger partial charge in [-0.3, -0.25) is 4.79 Å². The number of hydrogen-bond acceptors (Lipinski definition) is 3. The van der Waals surface area contributed by atoms with E-state index in [1.54, 1.807) is 12.5 Å². The standard InChI is InChI=1S/C16H28N4O/c1-15(2,3)13(11-20-10-9-17-12-20)19-14(21)16(4)7-5-6-8-18-16/h9-10,12-13,18H,5-8,11H2,1-4H3,(H,19,21). The lowest BCUT2D eigenvalue weighted by Gasteiger charge is -2.38. The number of rotatable bonds is 4. The van der Waals surface area contributed by atoms with Crippen LogP contribution in [0.1, 0.15) is 47.0 Å². The number of carbonyl (C=O) groups is 1. The number of carbonyl (C=O) groups excluding carboxylic acids is 1. The molecule has 0 radical (unpaired) electrons. The second-order valence-electron chi connectivity index (χ2n) is 7.37. The number of piperidine rings is 1. The van der Waals surface area contributed by atoms with E-state index in [-0.39, 0.29) is 17.4 Å². The second-order valence-corrected chi connectivity index (χ2v) is 7.37. The zero-order chi connectivity index (χ0) is 15.5. The smallest absolute Gasteiger partial charge is 0.240 e. The first-order valence-corrected chi connectivity index (χ1v) is 7.83. The van der Waals surface area contributed by atoms with Gasteiger partial charge >= 0.3 is 0 Å². The molecule has 21 heavy (non-hydrogen) atoms. The maximum Gasteiger partial charge on any atom is 0.240 e. The molecule has 1 aromatic heterocycles. The molecule has 1 fully saturated rings. The fourth-order valence-electron chi connectivity index (χ4n) is 2.71. The van der Waals surface area contributed by atoms with Crippen LogP contribution in [-0.4, -0.2) is 33.6 Å². The molecule has 1 aliphatic heterocycles. The number of aromatic nitrogens is 2. The van der Waals surface area contributed by atoms with Crippen molar-refractivity contribution in [1.82, 2.24) is 20.2 Å². The van der Waals surface area contributed by atoms with Gasteiger partial charge in [0.25, 0.3) is 0 Å². The van der Waals surface area contributed by atoms with Crippen LogP contribution < -0.4 is 10.6 Å².